The quantitative estimate of drug-likeness (QED) is 0.467. The normalized spacial score (nSPS) is 10.4. The molecule has 0 N–H and O–H groups in total. The van der Waals surface area contributed by atoms with Crippen LogP contribution >= 0.6 is 0 Å². The van der Waals surface area contributed by atoms with Crippen LogP contribution in [0.4, 0.5) is 0 Å². The molecule has 0 spiro atoms. The lowest BCUT2D eigenvalue weighted by Crippen LogP contribution is -1.99. The van der Waals surface area contributed by atoms with Crippen molar-refractivity contribution in [1.29, 1.82) is 5.26 Å². The van der Waals surface area contributed by atoms with Crippen LogP contribution in [0.25, 0.3) is 10.9 Å². The predicted molar refractivity (Wildman–Crippen MR) is 108 cm³/mol. The van der Waals surface area contributed by atoms with E-state index in [0.717, 1.165) is 33.7 Å². The van der Waals surface area contributed by atoms with Gasteiger partial charge in [-0.1, -0.05) is 42.5 Å². The number of pyridine rings is 1. The summed E-state index contributed by atoms with van der Waals surface area (Å²) in [5.41, 5.74) is 3.34. The monoisotopic (exact) mass is 366 g/mol. The number of fused-ring (bicyclic) bond motifs is 1. The van der Waals surface area contributed by atoms with Crippen molar-refractivity contribution < 1.29 is 9.47 Å². The van der Waals surface area contributed by atoms with E-state index in [-0.39, 0.29) is 0 Å². The lowest BCUT2D eigenvalue weighted by atomic mass is 10.1. The summed E-state index contributed by atoms with van der Waals surface area (Å²) in [6.45, 7) is 0.755. The lowest BCUT2D eigenvalue weighted by Gasteiger charge is -2.10. The Hall–Kier alpha value is -3.84. The standard InChI is InChI=1S/C24H18N2O2/c25-15-19-6-1-2-7-20(19)16-27-22-11-13-23(14-12-22)28-17-21-10-9-18-5-3-4-8-24(18)26-21/h1-14H,16-17H2. The summed E-state index contributed by atoms with van der Waals surface area (Å²) < 4.78 is 11.6. The second kappa shape index (κ2) is 8.24. The first-order valence-corrected chi connectivity index (χ1v) is 9.00. The Labute approximate surface area is 163 Å². The predicted octanol–water partition coefficient (Wildman–Crippen LogP) is 5.26. The van der Waals surface area contributed by atoms with Gasteiger partial charge < -0.3 is 9.47 Å². The van der Waals surface area contributed by atoms with E-state index in [1.165, 1.54) is 0 Å². The maximum atomic E-state index is 9.14. The molecule has 0 amide bonds. The third-order valence-corrected chi connectivity index (χ3v) is 4.40. The van der Waals surface area contributed by atoms with Gasteiger partial charge in [0.05, 0.1) is 22.8 Å². The van der Waals surface area contributed by atoms with Gasteiger partial charge in [0.1, 0.15) is 24.7 Å². The third kappa shape index (κ3) is 4.11. The number of hydrogen-bond acceptors (Lipinski definition) is 4. The molecule has 0 aliphatic carbocycles. The Kier molecular flexibility index (Phi) is 5.17. The summed E-state index contributed by atoms with van der Waals surface area (Å²) in [6, 6.07) is 29.1. The SMILES string of the molecule is N#Cc1ccccc1COc1ccc(OCc2ccc3ccccc3n2)cc1. The molecule has 4 aromatic rings. The number of aromatic nitrogens is 1. The van der Waals surface area contributed by atoms with Crippen molar-refractivity contribution in [1.82, 2.24) is 4.98 Å². The van der Waals surface area contributed by atoms with E-state index in [0.29, 0.717) is 18.8 Å². The molecule has 1 heterocycles. The van der Waals surface area contributed by atoms with E-state index in [1.807, 2.05) is 72.8 Å². The fourth-order valence-corrected chi connectivity index (χ4v) is 2.89. The van der Waals surface area contributed by atoms with Crippen LogP contribution in [0, 0.1) is 11.3 Å². The molecule has 4 heteroatoms. The second-order valence-corrected chi connectivity index (χ2v) is 6.31. The highest BCUT2D eigenvalue weighted by Crippen LogP contribution is 2.20. The molecule has 0 aliphatic heterocycles. The van der Waals surface area contributed by atoms with Crippen molar-refractivity contribution in [2.24, 2.45) is 0 Å². The number of para-hydroxylation sites is 1. The van der Waals surface area contributed by atoms with Gasteiger partial charge >= 0.3 is 0 Å². The fraction of sp³-hybridized carbons (Fsp3) is 0.0833. The van der Waals surface area contributed by atoms with Crippen molar-refractivity contribution in [3.63, 3.8) is 0 Å². The summed E-state index contributed by atoms with van der Waals surface area (Å²) in [6.07, 6.45) is 0. The molecule has 0 aliphatic rings. The molecule has 136 valence electrons. The van der Waals surface area contributed by atoms with E-state index in [4.69, 9.17) is 14.7 Å². The van der Waals surface area contributed by atoms with Gasteiger partial charge in [0.2, 0.25) is 0 Å². The molecular weight excluding hydrogens is 348 g/mol. The summed E-state index contributed by atoms with van der Waals surface area (Å²) in [5.74, 6) is 1.48. The van der Waals surface area contributed by atoms with E-state index in [2.05, 4.69) is 17.1 Å². The summed E-state index contributed by atoms with van der Waals surface area (Å²) in [4.78, 5) is 4.61. The summed E-state index contributed by atoms with van der Waals surface area (Å²) >= 11 is 0. The smallest absolute Gasteiger partial charge is 0.130 e. The Morgan fingerprint density at radius 1 is 0.714 bits per heavy atom. The van der Waals surface area contributed by atoms with E-state index in [9.17, 15) is 0 Å². The summed E-state index contributed by atoms with van der Waals surface area (Å²) in [5, 5.41) is 10.3. The van der Waals surface area contributed by atoms with E-state index >= 15 is 0 Å². The molecule has 0 bridgehead atoms. The Balaban J connectivity index is 1.35. The molecule has 4 nitrogen and oxygen atoms in total. The van der Waals surface area contributed by atoms with Gasteiger partial charge in [0.15, 0.2) is 0 Å². The van der Waals surface area contributed by atoms with Gasteiger partial charge in [-0.05, 0) is 42.5 Å². The zero-order chi connectivity index (χ0) is 19.2. The van der Waals surface area contributed by atoms with Crippen LogP contribution in [0.15, 0.2) is 84.9 Å². The Morgan fingerprint density at radius 2 is 1.39 bits per heavy atom. The van der Waals surface area contributed by atoms with E-state index in [1.54, 1.807) is 6.07 Å². The molecule has 0 fully saturated rings. The molecule has 0 unspecified atom stereocenters. The highest BCUT2D eigenvalue weighted by atomic mass is 16.5. The zero-order valence-electron chi connectivity index (χ0n) is 15.2. The first-order chi connectivity index (χ1) is 13.8. The van der Waals surface area contributed by atoms with Crippen molar-refractivity contribution in [3.8, 4) is 17.6 Å². The van der Waals surface area contributed by atoms with Crippen LogP contribution in [-0.4, -0.2) is 4.98 Å². The zero-order valence-corrected chi connectivity index (χ0v) is 15.2. The molecule has 0 saturated carbocycles. The van der Waals surface area contributed by atoms with Crippen LogP contribution in [0.3, 0.4) is 0 Å². The first-order valence-electron chi connectivity index (χ1n) is 9.00. The van der Waals surface area contributed by atoms with Crippen LogP contribution < -0.4 is 9.47 Å². The molecule has 28 heavy (non-hydrogen) atoms. The van der Waals surface area contributed by atoms with Crippen molar-refractivity contribution in [2.45, 2.75) is 13.2 Å². The first kappa shape index (κ1) is 17.6. The van der Waals surface area contributed by atoms with Gasteiger partial charge in [0, 0.05) is 10.9 Å². The number of rotatable bonds is 6. The van der Waals surface area contributed by atoms with Gasteiger partial charge in [-0.3, -0.25) is 0 Å². The van der Waals surface area contributed by atoms with Gasteiger partial charge in [0.25, 0.3) is 0 Å². The number of ether oxygens (including phenoxy) is 2. The van der Waals surface area contributed by atoms with Gasteiger partial charge in [-0.15, -0.1) is 0 Å². The third-order valence-electron chi connectivity index (χ3n) is 4.40. The highest BCUT2D eigenvalue weighted by Gasteiger charge is 2.03. The van der Waals surface area contributed by atoms with Crippen molar-refractivity contribution >= 4 is 10.9 Å². The number of benzene rings is 3. The van der Waals surface area contributed by atoms with Crippen LogP contribution in [-0.2, 0) is 13.2 Å². The largest absolute Gasteiger partial charge is 0.489 e. The molecule has 0 atom stereocenters. The lowest BCUT2D eigenvalue weighted by molar-refractivity contribution is 0.295. The maximum absolute atomic E-state index is 9.14. The number of hydrogen-bond donors (Lipinski definition) is 0. The van der Waals surface area contributed by atoms with Crippen molar-refractivity contribution in [3.05, 3.63) is 102 Å². The minimum atomic E-state index is 0.352. The molecule has 4 rings (SSSR count). The van der Waals surface area contributed by atoms with Gasteiger partial charge in [-0.25, -0.2) is 4.98 Å². The molecule has 0 saturated heterocycles. The topological polar surface area (TPSA) is 55.1 Å². The molecular formula is C24H18N2O2. The van der Waals surface area contributed by atoms with Crippen LogP contribution in [0.1, 0.15) is 16.8 Å². The Morgan fingerprint density at radius 3 is 2.18 bits per heavy atom. The average molecular weight is 366 g/mol. The van der Waals surface area contributed by atoms with Crippen molar-refractivity contribution in [2.75, 3.05) is 0 Å². The molecule has 1 aromatic heterocycles. The van der Waals surface area contributed by atoms with Crippen LogP contribution in [0.5, 0.6) is 11.5 Å². The Bertz CT molecular complexity index is 1130. The molecule has 0 radical (unpaired) electrons. The fourth-order valence-electron chi connectivity index (χ4n) is 2.89. The summed E-state index contributed by atoms with van der Waals surface area (Å²) in [7, 11) is 0. The van der Waals surface area contributed by atoms with Crippen LogP contribution in [0.2, 0.25) is 0 Å². The minimum absolute atomic E-state index is 0.352. The highest BCUT2D eigenvalue weighted by molar-refractivity contribution is 5.78. The second-order valence-electron chi connectivity index (χ2n) is 6.31. The number of nitrogens with zero attached hydrogens (tertiary/aromatic N) is 2. The molecule has 3 aromatic carbocycles. The number of nitriles is 1. The maximum Gasteiger partial charge on any atom is 0.130 e. The van der Waals surface area contributed by atoms with Gasteiger partial charge in [-0.2, -0.15) is 5.26 Å². The minimum Gasteiger partial charge on any atom is -0.489 e. The van der Waals surface area contributed by atoms with E-state index < -0.39 is 0 Å². The average Bonchev–Trinajstić information content (AvgIpc) is 2.77.